The van der Waals surface area contributed by atoms with E-state index in [1.807, 2.05) is 0 Å². The van der Waals surface area contributed by atoms with Crippen LogP contribution in [0.4, 0.5) is 0 Å². The number of aryl methyl sites for hydroxylation is 1. The van der Waals surface area contributed by atoms with Crippen LogP contribution in [0, 0.1) is 0 Å². The number of hydrogen-bond acceptors (Lipinski definition) is 4. The van der Waals surface area contributed by atoms with E-state index in [9.17, 15) is 18.0 Å². The Bertz CT molecular complexity index is 749. The third kappa shape index (κ3) is 3.93. The van der Waals surface area contributed by atoms with Crippen LogP contribution >= 0.6 is 0 Å². The van der Waals surface area contributed by atoms with Crippen LogP contribution in [0.15, 0.2) is 29.2 Å². The molecule has 130 valence electrons. The van der Waals surface area contributed by atoms with Crippen molar-refractivity contribution in [3.63, 3.8) is 0 Å². The number of rotatable bonds is 8. The summed E-state index contributed by atoms with van der Waals surface area (Å²) in [7, 11) is -3.46. The van der Waals surface area contributed by atoms with E-state index < -0.39 is 21.5 Å². The molecule has 0 aromatic heterocycles. The van der Waals surface area contributed by atoms with Gasteiger partial charge in [0.05, 0.1) is 4.90 Å². The number of carboxylic acid groups (broad SMARTS) is 1. The Hall–Kier alpha value is -1.93. The molecule has 0 bridgehead atoms. The minimum Gasteiger partial charge on any atom is -0.480 e. The predicted octanol–water partition coefficient (Wildman–Crippen LogP) is 0.793. The van der Waals surface area contributed by atoms with Crippen molar-refractivity contribution < 1.29 is 23.1 Å². The first-order chi connectivity index (χ1) is 11.3. The van der Waals surface area contributed by atoms with Gasteiger partial charge in [0.2, 0.25) is 15.9 Å². The Morgan fingerprint density at radius 2 is 1.79 bits per heavy atom. The lowest BCUT2D eigenvalue weighted by Gasteiger charge is -2.12. The minimum atomic E-state index is -3.46. The van der Waals surface area contributed by atoms with E-state index in [2.05, 4.69) is 10.0 Å². The van der Waals surface area contributed by atoms with Gasteiger partial charge in [0.25, 0.3) is 0 Å². The summed E-state index contributed by atoms with van der Waals surface area (Å²) in [5.74, 6) is -1.30. The number of carbonyl (C=O) groups excluding carboxylic acids is 1. The summed E-state index contributed by atoms with van der Waals surface area (Å²) in [6, 6.07) is 6.47. The topological polar surface area (TPSA) is 113 Å². The third-order valence-electron chi connectivity index (χ3n) is 4.31. The lowest BCUT2D eigenvalue weighted by atomic mass is 10.1. The summed E-state index contributed by atoms with van der Waals surface area (Å²) >= 11 is 0. The van der Waals surface area contributed by atoms with E-state index in [4.69, 9.17) is 5.11 Å². The van der Waals surface area contributed by atoms with Gasteiger partial charge < -0.3 is 10.4 Å². The number of sulfonamides is 1. The fourth-order valence-corrected chi connectivity index (χ4v) is 3.73. The zero-order valence-electron chi connectivity index (χ0n) is 13.1. The van der Waals surface area contributed by atoms with E-state index in [0.717, 1.165) is 18.4 Å². The van der Waals surface area contributed by atoms with E-state index in [0.29, 0.717) is 19.3 Å². The van der Waals surface area contributed by atoms with Crippen LogP contribution in [-0.4, -0.2) is 37.0 Å². The molecule has 2 aliphatic rings. The van der Waals surface area contributed by atoms with Crippen molar-refractivity contribution in [3.8, 4) is 0 Å². The van der Waals surface area contributed by atoms with Crippen molar-refractivity contribution in [1.29, 1.82) is 0 Å². The SMILES string of the molecule is O=C(CCc1ccc(S(=O)(=O)NC2CC2)cc1)NC1(C(=O)O)CC1. The molecule has 1 aromatic rings. The lowest BCUT2D eigenvalue weighted by molar-refractivity contribution is -0.143. The fourth-order valence-electron chi connectivity index (χ4n) is 2.43. The van der Waals surface area contributed by atoms with Crippen molar-refractivity contribution in [2.45, 2.75) is 55.0 Å². The Kier molecular flexibility index (Phi) is 4.35. The van der Waals surface area contributed by atoms with Crippen molar-refractivity contribution in [2.24, 2.45) is 0 Å². The van der Waals surface area contributed by atoms with Crippen molar-refractivity contribution >= 4 is 21.9 Å². The van der Waals surface area contributed by atoms with Crippen LogP contribution in [0.1, 0.15) is 37.7 Å². The molecule has 2 aliphatic carbocycles. The standard InChI is InChI=1S/C16H20N2O5S/c19-14(17-16(9-10-16)15(20)21)8-3-11-1-6-13(7-2-11)24(22,23)18-12-4-5-12/h1-2,6-7,12,18H,3-5,8-10H2,(H,17,19)(H,20,21). The van der Waals surface area contributed by atoms with E-state index in [-0.39, 0.29) is 23.3 Å². The van der Waals surface area contributed by atoms with Crippen molar-refractivity contribution in [3.05, 3.63) is 29.8 Å². The molecule has 1 amide bonds. The summed E-state index contributed by atoms with van der Waals surface area (Å²) in [5.41, 5.74) is -0.237. The Morgan fingerprint density at radius 3 is 2.29 bits per heavy atom. The third-order valence-corrected chi connectivity index (χ3v) is 5.85. The monoisotopic (exact) mass is 352 g/mol. The highest BCUT2D eigenvalue weighted by atomic mass is 32.2. The molecular formula is C16H20N2O5S. The van der Waals surface area contributed by atoms with Gasteiger partial charge in [-0.05, 0) is 49.8 Å². The second kappa shape index (κ2) is 6.18. The maximum atomic E-state index is 12.1. The number of amides is 1. The smallest absolute Gasteiger partial charge is 0.329 e. The molecule has 0 unspecified atom stereocenters. The molecule has 3 N–H and O–H groups in total. The molecule has 2 fully saturated rings. The summed E-state index contributed by atoms with van der Waals surface area (Å²) < 4.78 is 26.7. The fraction of sp³-hybridized carbons (Fsp3) is 0.500. The van der Waals surface area contributed by atoms with Crippen molar-refractivity contribution in [1.82, 2.24) is 10.0 Å². The highest BCUT2D eigenvalue weighted by molar-refractivity contribution is 7.89. The summed E-state index contributed by atoms with van der Waals surface area (Å²) in [6.45, 7) is 0. The van der Waals surface area contributed by atoms with Crippen molar-refractivity contribution in [2.75, 3.05) is 0 Å². The highest BCUT2D eigenvalue weighted by Crippen LogP contribution is 2.35. The molecule has 2 saturated carbocycles. The first-order valence-corrected chi connectivity index (χ1v) is 9.45. The Morgan fingerprint density at radius 1 is 1.17 bits per heavy atom. The second-order valence-corrected chi connectivity index (χ2v) is 8.19. The van der Waals surface area contributed by atoms with Gasteiger partial charge in [0.15, 0.2) is 0 Å². The summed E-state index contributed by atoms with van der Waals surface area (Å²) in [5, 5.41) is 11.6. The van der Waals surface area contributed by atoms with Gasteiger partial charge in [0.1, 0.15) is 5.54 Å². The molecular weight excluding hydrogens is 332 g/mol. The van der Waals surface area contributed by atoms with Gasteiger partial charge in [-0.3, -0.25) is 4.79 Å². The summed E-state index contributed by atoms with van der Waals surface area (Å²) in [4.78, 5) is 23.1. The Balaban J connectivity index is 1.53. The van der Waals surface area contributed by atoms with Gasteiger partial charge in [-0.1, -0.05) is 12.1 Å². The van der Waals surface area contributed by atoms with Crippen LogP contribution in [0.2, 0.25) is 0 Å². The Labute approximate surface area is 140 Å². The largest absolute Gasteiger partial charge is 0.480 e. The first-order valence-electron chi connectivity index (χ1n) is 7.96. The van der Waals surface area contributed by atoms with Crippen LogP contribution in [0.3, 0.4) is 0 Å². The molecule has 0 saturated heterocycles. The molecule has 3 rings (SSSR count). The van der Waals surface area contributed by atoms with Crippen LogP contribution in [0.5, 0.6) is 0 Å². The van der Waals surface area contributed by atoms with Crippen LogP contribution in [0.25, 0.3) is 0 Å². The van der Waals surface area contributed by atoms with Crippen LogP contribution < -0.4 is 10.0 Å². The molecule has 0 aliphatic heterocycles. The van der Waals surface area contributed by atoms with Gasteiger partial charge in [0, 0.05) is 12.5 Å². The number of hydrogen-bond donors (Lipinski definition) is 3. The maximum Gasteiger partial charge on any atom is 0.329 e. The second-order valence-electron chi connectivity index (χ2n) is 6.47. The maximum absolute atomic E-state index is 12.1. The number of carboxylic acids is 1. The zero-order valence-corrected chi connectivity index (χ0v) is 13.9. The molecule has 1 aromatic carbocycles. The zero-order chi connectivity index (χ0) is 17.4. The van der Waals surface area contributed by atoms with E-state index in [1.165, 1.54) is 12.1 Å². The average molecular weight is 352 g/mol. The van der Waals surface area contributed by atoms with E-state index in [1.54, 1.807) is 12.1 Å². The molecule has 7 nitrogen and oxygen atoms in total. The van der Waals surface area contributed by atoms with Gasteiger partial charge in [-0.15, -0.1) is 0 Å². The lowest BCUT2D eigenvalue weighted by Crippen LogP contribution is -2.43. The molecule has 0 heterocycles. The number of nitrogens with one attached hydrogen (secondary N) is 2. The molecule has 24 heavy (non-hydrogen) atoms. The summed E-state index contributed by atoms with van der Waals surface area (Å²) in [6.07, 6.45) is 3.29. The molecule has 0 radical (unpaired) electrons. The number of benzene rings is 1. The van der Waals surface area contributed by atoms with Gasteiger partial charge in [-0.2, -0.15) is 0 Å². The molecule has 8 heteroatoms. The molecule has 0 atom stereocenters. The highest BCUT2D eigenvalue weighted by Gasteiger charge is 2.51. The average Bonchev–Trinajstić information content (AvgIpc) is 3.43. The first kappa shape index (κ1) is 16.9. The quantitative estimate of drug-likeness (QED) is 0.640. The number of aliphatic carboxylic acids is 1. The van der Waals surface area contributed by atoms with Gasteiger partial charge >= 0.3 is 5.97 Å². The minimum absolute atomic E-state index is 0.0577. The van der Waals surface area contributed by atoms with E-state index >= 15 is 0 Å². The van der Waals surface area contributed by atoms with Crippen LogP contribution in [-0.2, 0) is 26.0 Å². The number of carbonyl (C=O) groups is 2. The predicted molar refractivity (Wildman–Crippen MR) is 85.9 cm³/mol. The van der Waals surface area contributed by atoms with Gasteiger partial charge in [-0.25, -0.2) is 17.9 Å². The normalized spacial score (nSPS) is 18.8. The molecule has 0 spiro atoms.